The summed E-state index contributed by atoms with van der Waals surface area (Å²) in [5.41, 5.74) is 1.26. The van der Waals surface area contributed by atoms with Gasteiger partial charge < -0.3 is 23.7 Å². The van der Waals surface area contributed by atoms with Gasteiger partial charge in [-0.25, -0.2) is 0 Å². The first-order chi connectivity index (χ1) is 13.3. The van der Waals surface area contributed by atoms with Crippen molar-refractivity contribution in [3.63, 3.8) is 0 Å². The molecule has 0 unspecified atom stereocenters. The van der Waals surface area contributed by atoms with Crippen molar-refractivity contribution in [3.8, 4) is 11.5 Å². The molecule has 6 heteroatoms. The monoisotopic (exact) mass is 375 g/mol. The van der Waals surface area contributed by atoms with Crippen LogP contribution < -0.4 is 9.47 Å². The Bertz CT molecular complexity index is 654. The summed E-state index contributed by atoms with van der Waals surface area (Å²) < 4.78 is 28.8. The van der Waals surface area contributed by atoms with Gasteiger partial charge in [-0.05, 0) is 42.9 Å². The summed E-state index contributed by atoms with van der Waals surface area (Å²) in [7, 11) is 0. The maximum absolute atomic E-state index is 6.27. The molecule has 27 heavy (non-hydrogen) atoms. The second-order valence-electron chi connectivity index (χ2n) is 8.37. The van der Waals surface area contributed by atoms with Gasteiger partial charge in [0, 0.05) is 52.5 Å². The second-order valence-corrected chi connectivity index (χ2v) is 8.37. The molecule has 1 aromatic carbocycles. The fourth-order valence-electron chi connectivity index (χ4n) is 4.71. The second kappa shape index (κ2) is 7.59. The molecule has 0 amide bonds. The molecule has 4 heterocycles. The average Bonchev–Trinajstić information content (AvgIpc) is 3.14. The van der Waals surface area contributed by atoms with Crippen LogP contribution in [0.3, 0.4) is 0 Å². The highest BCUT2D eigenvalue weighted by molar-refractivity contribution is 5.44. The molecular formula is C21H29NO5. The molecule has 0 bridgehead atoms. The van der Waals surface area contributed by atoms with E-state index in [1.165, 1.54) is 5.56 Å². The summed E-state index contributed by atoms with van der Waals surface area (Å²) in [6, 6.07) is 6.22. The lowest BCUT2D eigenvalue weighted by atomic mass is 9.84. The van der Waals surface area contributed by atoms with E-state index in [1.807, 2.05) is 6.07 Å². The van der Waals surface area contributed by atoms with Crippen LogP contribution in [0.15, 0.2) is 18.2 Å². The van der Waals surface area contributed by atoms with Crippen molar-refractivity contribution in [1.29, 1.82) is 0 Å². The first-order valence-corrected chi connectivity index (χ1v) is 10.2. The van der Waals surface area contributed by atoms with E-state index in [0.717, 1.165) is 83.2 Å². The normalized spacial score (nSPS) is 27.6. The van der Waals surface area contributed by atoms with Crippen LogP contribution in [0.1, 0.15) is 31.2 Å². The van der Waals surface area contributed by atoms with Gasteiger partial charge in [-0.2, -0.15) is 0 Å². The number of hydrogen-bond acceptors (Lipinski definition) is 6. The van der Waals surface area contributed by atoms with Gasteiger partial charge in [0.1, 0.15) is 0 Å². The van der Waals surface area contributed by atoms with E-state index in [9.17, 15) is 0 Å². The van der Waals surface area contributed by atoms with Crippen LogP contribution >= 0.6 is 0 Å². The maximum Gasteiger partial charge on any atom is 0.231 e. The fraction of sp³-hybridized carbons (Fsp3) is 0.714. The number of nitrogens with zero attached hydrogens (tertiary/aromatic N) is 1. The SMILES string of the molecule is c1cc2c(cc1CN1CC3(C[C@@H](OCC4CCOCC4)CCO3)C1)OCO2. The van der Waals surface area contributed by atoms with Gasteiger partial charge >= 0.3 is 0 Å². The Labute approximate surface area is 160 Å². The van der Waals surface area contributed by atoms with Gasteiger partial charge in [-0.3, -0.25) is 4.90 Å². The number of ether oxygens (including phenoxy) is 5. The molecule has 0 saturated carbocycles. The van der Waals surface area contributed by atoms with E-state index in [2.05, 4.69) is 17.0 Å². The van der Waals surface area contributed by atoms with Gasteiger partial charge in [-0.1, -0.05) is 6.07 Å². The molecule has 4 aliphatic heterocycles. The molecule has 0 radical (unpaired) electrons. The van der Waals surface area contributed by atoms with Gasteiger partial charge in [0.05, 0.1) is 11.7 Å². The molecule has 4 aliphatic rings. The zero-order chi connectivity index (χ0) is 18.1. The third-order valence-corrected chi connectivity index (χ3v) is 6.22. The van der Waals surface area contributed by atoms with Gasteiger partial charge in [0.2, 0.25) is 6.79 Å². The minimum absolute atomic E-state index is 0.00503. The topological polar surface area (TPSA) is 49.4 Å². The number of likely N-dealkylation sites (tertiary alicyclic amines) is 1. The van der Waals surface area contributed by atoms with Crippen LogP contribution in [0.5, 0.6) is 11.5 Å². The summed E-state index contributed by atoms with van der Waals surface area (Å²) in [4.78, 5) is 2.44. The van der Waals surface area contributed by atoms with Crippen LogP contribution in [-0.2, 0) is 20.8 Å². The van der Waals surface area contributed by atoms with E-state index in [1.54, 1.807) is 0 Å². The summed E-state index contributed by atoms with van der Waals surface area (Å²) in [6.45, 7) is 6.70. The van der Waals surface area contributed by atoms with E-state index in [0.29, 0.717) is 18.8 Å². The zero-order valence-corrected chi connectivity index (χ0v) is 15.9. The van der Waals surface area contributed by atoms with Crippen molar-refractivity contribution < 1.29 is 23.7 Å². The third kappa shape index (κ3) is 3.94. The van der Waals surface area contributed by atoms with Crippen LogP contribution in [0.2, 0.25) is 0 Å². The molecule has 1 spiro atoms. The standard InChI is InChI=1S/C21H29NO5/c1-2-19-20(26-15-25-19)9-17(1)11-22-13-21(14-22)10-18(5-8-27-21)24-12-16-3-6-23-7-4-16/h1-2,9,16,18H,3-8,10-15H2/t18-/m0/s1. The molecule has 3 saturated heterocycles. The summed E-state index contributed by atoms with van der Waals surface area (Å²) in [5.74, 6) is 2.37. The number of hydrogen-bond donors (Lipinski definition) is 0. The smallest absolute Gasteiger partial charge is 0.231 e. The highest BCUT2D eigenvalue weighted by Crippen LogP contribution is 2.38. The Hall–Kier alpha value is -1.34. The largest absolute Gasteiger partial charge is 0.454 e. The highest BCUT2D eigenvalue weighted by atomic mass is 16.7. The molecule has 1 atom stereocenters. The van der Waals surface area contributed by atoms with Crippen LogP contribution in [0.4, 0.5) is 0 Å². The average molecular weight is 375 g/mol. The van der Waals surface area contributed by atoms with E-state index in [4.69, 9.17) is 23.7 Å². The first kappa shape index (κ1) is 17.7. The molecule has 3 fully saturated rings. The molecule has 0 N–H and O–H groups in total. The Morgan fingerprint density at radius 2 is 1.89 bits per heavy atom. The first-order valence-electron chi connectivity index (χ1n) is 10.2. The summed E-state index contributed by atoms with van der Waals surface area (Å²) in [6.07, 6.45) is 4.66. The van der Waals surface area contributed by atoms with E-state index < -0.39 is 0 Å². The van der Waals surface area contributed by atoms with Crippen LogP contribution in [0, 0.1) is 5.92 Å². The lowest BCUT2D eigenvalue weighted by Crippen LogP contribution is -2.65. The minimum atomic E-state index is -0.00503. The zero-order valence-electron chi connectivity index (χ0n) is 15.9. The Kier molecular flexibility index (Phi) is 4.98. The summed E-state index contributed by atoms with van der Waals surface area (Å²) >= 11 is 0. The van der Waals surface area contributed by atoms with Gasteiger partial charge in [0.25, 0.3) is 0 Å². The molecule has 0 aromatic heterocycles. The van der Waals surface area contributed by atoms with Crippen molar-refractivity contribution in [2.75, 3.05) is 46.3 Å². The molecule has 0 aliphatic carbocycles. The van der Waals surface area contributed by atoms with E-state index in [-0.39, 0.29) is 5.60 Å². The molecule has 1 aromatic rings. The van der Waals surface area contributed by atoms with Gasteiger partial charge in [0.15, 0.2) is 11.5 Å². The molecule has 5 rings (SSSR count). The lowest BCUT2D eigenvalue weighted by Gasteiger charge is -2.53. The Morgan fingerprint density at radius 1 is 1.04 bits per heavy atom. The Balaban J connectivity index is 1.10. The predicted molar refractivity (Wildman–Crippen MR) is 99.0 cm³/mol. The van der Waals surface area contributed by atoms with Crippen molar-refractivity contribution in [1.82, 2.24) is 4.90 Å². The van der Waals surface area contributed by atoms with E-state index >= 15 is 0 Å². The van der Waals surface area contributed by atoms with Crippen molar-refractivity contribution >= 4 is 0 Å². The lowest BCUT2D eigenvalue weighted by molar-refractivity contribution is -0.201. The quantitative estimate of drug-likeness (QED) is 0.789. The van der Waals surface area contributed by atoms with Crippen molar-refractivity contribution in [3.05, 3.63) is 23.8 Å². The maximum atomic E-state index is 6.27. The van der Waals surface area contributed by atoms with Crippen LogP contribution in [0.25, 0.3) is 0 Å². The minimum Gasteiger partial charge on any atom is -0.454 e. The van der Waals surface area contributed by atoms with Crippen LogP contribution in [-0.4, -0.2) is 62.9 Å². The fourth-order valence-corrected chi connectivity index (χ4v) is 4.71. The summed E-state index contributed by atoms with van der Waals surface area (Å²) in [5, 5.41) is 0. The molecular weight excluding hydrogens is 346 g/mol. The van der Waals surface area contributed by atoms with Crippen molar-refractivity contribution in [2.45, 2.75) is 43.9 Å². The number of rotatable bonds is 5. The van der Waals surface area contributed by atoms with Crippen molar-refractivity contribution in [2.24, 2.45) is 5.92 Å². The third-order valence-electron chi connectivity index (χ3n) is 6.22. The number of benzene rings is 1. The molecule has 148 valence electrons. The van der Waals surface area contributed by atoms with Gasteiger partial charge in [-0.15, -0.1) is 0 Å². The number of fused-ring (bicyclic) bond motifs is 1. The predicted octanol–water partition coefficient (Wildman–Crippen LogP) is 2.59. The molecule has 6 nitrogen and oxygen atoms in total. The Morgan fingerprint density at radius 3 is 2.78 bits per heavy atom. The highest BCUT2D eigenvalue weighted by Gasteiger charge is 2.47.